The monoisotopic (exact) mass is 513 g/mol. The second kappa shape index (κ2) is 12.4. The molecule has 202 valence electrons. The Bertz CT molecular complexity index is 1360. The van der Waals surface area contributed by atoms with Crippen LogP contribution in [-0.2, 0) is 24.3 Å². The molecule has 0 saturated carbocycles. The first kappa shape index (κ1) is 27.6. The van der Waals surface area contributed by atoms with Gasteiger partial charge in [-0.3, -0.25) is 4.79 Å². The molecule has 0 spiro atoms. The summed E-state index contributed by atoms with van der Waals surface area (Å²) in [6.45, 7) is 12.1. The molecule has 38 heavy (non-hydrogen) atoms. The van der Waals surface area contributed by atoms with E-state index in [0.29, 0.717) is 13.0 Å². The number of unbranched alkanes of at least 4 members (excludes halogenated alkanes) is 3. The van der Waals surface area contributed by atoms with Gasteiger partial charge in [-0.15, -0.1) is 0 Å². The molecule has 1 amide bonds. The van der Waals surface area contributed by atoms with Crippen LogP contribution in [0.2, 0.25) is 0 Å². The molecule has 0 atom stereocenters. The molecule has 4 aromatic rings. The molecule has 0 aliphatic heterocycles. The number of carbonyl (C=O) groups is 1. The highest BCUT2D eigenvalue weighted by Crippen LogP contribution is 2.32. The molecule has 0 unspecified atom stereocenters. The second-order valence-electron chi connectivity index (χ2n) is 11.3. The minimum atomic E-state index is -0.128. The largest absolute Gasteiger partial charge is 0.364 e. The van der Waals surface area contributed by atoms with Gasteiger partial charge in [0.05, 0.1) is 11.0 Å². The minimum absolute atomic E-state index is 0.128. The highest BCUT2D eigenvalue weighted by atomic mass is 16.1. The lowest BCUT2D eigenvalue weighted by Crippen LogP contribution is -2.26. The molecule has 0 fully saturated rings. The predicted octanol–water partition coefficient (Wildman–Crippen LogP) is 7.38. The summed E-state index contributed by atoms with van der Waals surface area (Å²) in [5.74, 6) is 2.07. The van der Waals surface area contributed by atoms with Crippen LogP contribution >= 0.6 is 0 Å². The summed E-state index contributed by atoms with van der Waals surface area (Å²) >= 11 is 0. The van der Waals surface area contributed by atoms with E-state index in [-0.39, 0.29) is 11.4 Å². The molecule has 6 heteroatoms. The van der Waals surface area contributed by atoms with E-state index >= 15 is 0 Å². The van der Waals surface area contributed by atoms with Crippen molar-refractivity contribution in [2.24, 2.45) is 0 Å². The first-order valence-electron chi connectivity index (χ1n) is 14.2. The summed E-state index contributed by atoms with van der Waals surface area (Å²) in [5, 5.41) is 7.78. The number of anilines is 1. The number of nitrogens with one attached hydrogen (secondary N) is 2. The first-order valence-corrected chi connectivity index (χ1v) is 14.2. The van der Waals surface area contributed by atoms with Crippen molar-refractivity contribution < 1.29 is 4.79 Å². The van der Waals surface area contributed by atoms with Gasteiger partial charge < -0.3 is 15.2 Å². The van der Waals surface area contributed by atoms with Gasteiger partial charge in [0.2, 0.25) is 5.91 Å². The molecule has 0 saturated heterocycles. The third-order valence-corrected chi connectivity index (χ3v) is 6.77. The summed E-state index contributed by atoms with van der Waals surface area (Å²) in [7, 11) is 0. The highest BCUT2D eigenvalue weighted by molar-refractivity contribution is 6.07. The second-order valence-corrected chi connectivity index (χ2v) is 11.3. The summed E-state index contributed by atoms with van der Waals surface area (Å²) in [5.41, 5.74) is 5.25. The zero-order valence-electron chi connectivity index (χ0n) is 23.7. The van der Waals surface area contributed by atoms with E-state index < -0.39 is 0 Å². The van der Waals surface area contributed by atoms with Gasteiger partial charge in [-0.1, -0.05) is 75.6 Å². The van der Waals surface area contributed by atoms with Gasteiger partial charge in [-0.05, 0) is 50.8 Å². The van der Waals surface area contributed by atoms with Crippen molar-refractivity contribution in [2.45, 2.75) is 98.2 Å². The Hall–Kier alpha value is -3.41. The molecule has 0 radical (unpaired) electrons. The Morgan fingerprint density at radius 3 is 2.32 bits per heavy atom. The van der Waals surface area contributed by atoms with E-state index in [0.717, 1.165) is 84.2 Å². The van der Waals surface area contributed by atoms with Crippen LogP contribution in [0.1, 0.15) is 90.1 Å². The molecule has 6 nitrogen and oxygen atoms in total. The third-order valence-electron chi connectivity index (χ3n) is 6.77. The average Bonchev–Trinajstić information content (AvgIpc) is 3.25. The van der Waals surface area contributed by atoms with E-state index in [9.17, 15) is 4.79 Å². The average molecular weight is 514 g/mol. The minimum Gasteiger partial charge on any atom is -0.364 e. The number of para-hydroxylation sites is 1. The molecule has 0 aliphatic rings. The van der Waals surface area contributed by atoms with Crippen LogP contribution in [0.15, 0.2) is 48.5 Å². The lowest BCUT2D eigenvalue weighted by molar-refractivity contribution is -0.121. The van der Waals surface area contributed by atoms with Crippen molar-refractivity contribution in [3.63, 3.8) is 0 Å². The molecular formula is C32H43N5O. The standard InChI is InChI=1S/C32H43N5O/c1-6-8-10-16-28(38)33-21-23-17-19-24(20-18-23)22-37-27(15-9-7-2)35-29-30(37)25-13-11-12-14-26(25)34-31(29)36-32(3,4)5/h11-14,17-20H,6-10,15-16,21-22H2,1-5H3,(H,33,38)(H,34,36). The van der Waals surface area contributed by atoms with Crippen molar-refractivity contribution in [1.29, 1.82) is 0 Å². The molecule has 0 aliphatic carbocycles. The fraction of sp³-hybridized carbons (Fsp3) is 0.469. The van der Waals surface area contributed by atoms with Crippen LogP contribution in [0, 0.1) is 0 Å². The Morgan fingerprint density at radius 1 is 0.895 bits per heavy atom. The van der Waals surface area contributed by atoms with E-state index in [1.54, 1.807) is 0 Å². The van der Waals surface area contributed by atoms with Gasteiger partial charge in [0, 0.05) is 36.9 Å². The molecule has 0 bridgehead atoms. The van der Waals surface area contributed by atoms with Crippen molar-refractivity contribution in [1.82, 2.24) is 19.9 Å². The predicted molar refractivity (Wildman–Crippen MR) is 159 cm³/mol. The number of fused-ring (bicyclic) bond motifs is 3. The highest BCUT2D eigenvalue weighted by Gasteiger charge is 2.21. The molecule has 2 aromatic heterocycles. The first-order chi connectivity index (χ1) is 18.3. The van der Waals surface area contributed by atoms with E-state index in [1.165, 1.54) is 5.56 Å². The summed E-state index contributed by atoms with van der Waals surface area (Å²) < 4.78 is 2.38. The lowest BCUT2D eigenvalue weighted by Gasteiger charge is -2.22. The maximum Gasteiger partial charge on any atom is 0.220 e. The Kier molecular flexibility index (Phi) is 9.03. The number of hydrogen-bond donors (Lipinski definition) is 2. The van der Waals surface area contributed by atoms with Gasteiger partial charge in [-0.2, -0.15) is 0 Å². The number of aromatic nitrogens is 3. The van der Waals surface area contributed by atoms with Crippen LogP contribution in [0.4, 0.5) is 5.82 Å². The number of aryl methyl sites for hydroxylation is 1. The lowest BCUT2D eigenvalue weighted by atomic mass is 10.1. The van der Waals surface area contributed by atoms with E-state index in [4.69, 9.17) is 9.97 Å². The van der Waals surface area contributed by atoms with Crippen LogP contribution in [0.3, 0.4) is 0 Å². The number of pyridine rings is 1. The Balaban J connectivity index is 1.65. The summed E-state index contributed by atoms with van der Waals surface area (Å²) in [6, 6.07) is 16.9. The van der Waals surface area contributed by atoms with Crippen molar-refractivity contribution in [3.05, 3.63) is 65.5 Å². The fourth-order valence-electron chi connectivity index (χ4n) is 4.79. The number of benzene rings is 2. The quantitative estimate of drug-likeness (QED) is 0.194. The number of carbonyl (C=O) groups excluding carboxylic acids is 1. The molecule has 2 heterocycles. The number of hydrogen-bond acceptors (Lipinski definition) is 4. The topological polar surface area (TPSA) is 71.8 Å². The molecule has 4 rings (SSSR count). The Labute approximate surface area is 227 Å². The van der Waals surface area contributed by atoms with Crippen LogP contribution in [-0.4, -0.2) is 26.0 Å². The maximum atomic E-state index is 12.1. The van der Waals surface area contributed by atoms with Crippen LogP contribution in [0.5, 0.6) is 0 Å². The van der Waals surface area contributed by atoms with Gasteiger partial charge in [0.15, 0.2) is 5.82 Å². The van der Waals surface area contributed by atoms with Crippen molar-refractivity contribution >= 4 is 33.7 Å². The summed E-state index contributed by atoms with van der Waals surface area (Å²) in [6.07, 6.45) is 6.93. The Morgan fingerprint density at radius 2 is 1.61 bits per heavy atom. The van der Waals surface area contributed by atoms with Gasteiger partial charge in [-0.25, -0.2) is 9.97 Å². The van der Waals surface area contributed by atoms with Crippen LogP contribution < -0.4 is 10.6 Å². The third kappa shape index (κ3) is 6.91. The fourth-order valence-corrected chi connectivity index (χ4v) is 4.79. The number of nitrogens with zero attached hydrogens (tertiary/aromatic N) is 3. The molecule has 2 aromatic carbocycles. The molecule has 2 N–H and O–H groups in total. The number of imidazole rings is 1. The number of rotatable bonds is 12. The van der Waals surface area contributed by atoms with Crippen molar-refractivity contribution in [3.8, 4) is 0 Å². The van der Waals surface area contributed by atoms with Gasteiger partial charge in [0.25, 0.3) is 0 Å². The normalized spacial score (nSPS) is 11.8. The van der Waals surface area contributed by atoms with Crippen molar-refractivity contribution in [2.75, 3.05) is 5.32 Å². The van der Waals surface area contributed by atoms with Gasteiger partial charge >= 0.3 is 0 Å². The maximum absolute atomic E-state index is 12.1. The van der Waals surface area contributed by atoms with Crippen LogP contribution in [0.25, 0.3) is 21.9 Å². The van der Waals surface area contributed by atoms with E-state index in [2.05, 4.69) is 92.3 Å². The SMILES string of the molecule is CCCCCC(=O)NCc1ccc(Cn2c(CCCC)nc3c(NC(C)(C)C)nc4ccccc4c32)cc1. The molecular weight excluding hydrogens is 470 g/mol. The number of amides is 1. The zero-order valence-corrected chi connectivity index (χ0v) is 23.7. The van der Waals surface area contributed by atoms with E-state index in [1.807, 2.05) is 6.07 Å². The van der Waals surface area contributed by atoms with Gasteiger partial charge in [0.1, 0.15) is 11.3 Å². The zero-order chi connectivity index (χ0) is 27.1. The summed E-state index contributed by atoms with van der Waals surface area (Å²) in [4.78, 5) is 22.3. The smallest absolute Gasteiger partial charge is 0.220 e.